The molecule has 7 heteroatoms. The molecule has 1 rings (SSSR count). The Morgan fingerprint density at radius 1 is 1.47 bits per heavy atom. The fraction of sp³-hybridized carbons (Fsp3) is 0.300. The maximum absolute atomic E-state index is 13.2. The smallest absolute Gasteiger partial charge is 0.306 e. The van der Waals surface area contributed by atoms with E-state index in [1.165, 1.54) is 6.07 Å². The summed E-state index contributed by atoms with van der Waals surface area (Å²) in [6.45, 7) is 0. The first kappa shape index (κ1) is 13.7. The van der Waals surface area contributed by atoms with Gasteiger partial charge in [0.05, 0.1) is 18.2 Å². The van der Waals surface area contributed by atoms with Crippen LogP contribution in [-0.2, 0) is 4.79 Å². The van der Waals surface area contributed by atoms with E-state index >= 15 is 0 Å². The van der Waals surface area contributed by atoms with Crippen molar-refractivity contribution in [1.29, 1.82) is 0 Å². The Balaban J connectivity index is 3.03. The lowest BCUT2D eigenvalue weighted by Crippen LogP contribution is -2.22. The lowest BCUT2D eigenvalue weighted by atomic mass is 10.0. The summed E-state index contributed by atoms with van der Waals surface area (Å²) in [6.07, 6.45) is -3.89. The average molecular weight is 264 g/mol. The highest BCUT2D eigenvalue weighted by atomic mass is 35.5. The number of nitrogens with two attached hydrogens (primary N) is 1. The molecule has 5 nitrogen and oxygen atoms in total. The van der Waals surface area contributed by atoms with Gasteiger partial charge in [-0.25, -0.2) is 4.39 Å². The molecule has 0 saturated carbocycles. The van der Waals surface area contributed by atoms with Crippen LogP contribution in [0.2, 0.25) is 5.02 Å². The van der Waals surface area contributed by atoms with Gasteiger partial charge in [-0.3, -0.25) is 4.79 Å². The van der Waals surface area contributed by atoms with Gasteiger partial charge in [0, 0.05) is 10.6 Å². The third kappa shape index (κ3) is 3.29. The normalized spacial score (nSPS) is 14.4. The van der Waals surface area contributed by atoms with Crippen LogP contribution in [-0.4, -0.2) is 27.4 Å². The Morgan fingerprint density at radius 2 is 2.06 bits per heavy atom. The number of benzene rings is 1. The van der Waals surface area contributed by atoms with Gasteiger partial charge in [0.2, 0.25) is 0 Å². The Labute approximate surface area is 101 Å². The summed E-state index contributed by atoms with van der Waals surface area (Å²) in [5.41, 5.74) is 4.86. The molecule has 17 heavy (non-hydrogen) atoms. The topological polar surface area (TPSA) is 104 Å². The second-order valence-corrected chi connectivity index (χ2v) is 3.94. The van der Waals surface area contributed by atoms with Gasteiger partial charge < -0.3 is 21.1 Å². The summed E-state index contributed by atoms with van der Waals surface area (Å²) < 4.78 is 13.2. The van der Waals surface area contributed by atoms with E-state index in [0.29, 0.717) is 0 Å². The van der Waals surface area contributed by atoms with E-state index < -0.39 is 30.4 Å². The van der Waals surface area contributed by atoms with Gasteiger partial charge in [-0.05, 0) is 12.1 Å². The molecule has 0 aromatic heterocycles. The van der Waals surface area contributed by atoms with E-state index in [9.17, 15) is 19.4 Å². The van der Waals surface area contributed by atoms with Gasteiger partial charge in [-0.2, -0.15) is 0 Å². The summed E-state index contributed by atoms with van der Waals surface area (Å²) in [7, 11) is 0. The molecule has 1 aromatic rings. The highest BCUT2D eigenvalue weighted by Crippen LogP contribution is 2.29. The molecule has 0 saturated heterocycles. The molecule has 0 aliphatic carbocycles. The number of hydrogen-bond donors (Lipinski definition) is 4. The lowest BCUT2D eigenvalue weighted by molar-refractivity contribution is -0.141. The third-order valence-electron chi connectivity index (χ3n) is 2.19. The van der Waals surface area contributed by atoms with Crippen LogP contribution in [0.4, 0.5) is 10.1 Å². The average Bonchev–Trinajstić information content (AvgIpc) is 2.21. The molecule has 0 fully saturated rings. The predicted molar refractivity (Wildman–Crippen MR) is 59.0 cm³/mol. The minimum atomic E-state index is -1.61. The summed E-state index contributed by atoms with van der Waals surface area (Å²) in [4.78, 5) is 10.4. The molecule has 2 unspecified atom stereocenters. The van der Waals surface area contributed by atoms with E-state index in [2.05, 4.69) is 0 Å². The first-order valence-electron chi connectivity index (χ1n) is 4.65. The minimum absolute atomic E-state index is 0.00623. The van der Waals surface area contributed by atoms with Crippen molar-refractivity contribution in [2.24, 2.45) is 0 Å². The van der Waals surface area contributed by atoms with Crippen LogP contribution < -0.4 is 5.73 Å². The van der Waals surface area contributed by atoms with Crippen LogP contribution in [0.1, 0.15) is 18.1 Å². The molecule has 94 valence electrons. The maximum atomic E-state index is 13.2. The lowest BCUT2D eigenvalue weighted by Gasteiger charge is -2.18. The molecule has 0 bridgehead atoms. The zero-order valence-corrected chi connectivity index (χ0v) is 9.36. The molecule has 0 amide bonds. The van der Waals surface area contributed by atoms with Crippen molar-refractivity contribution in [3.8, 4) is 0 Å². The number of carbonyl (C=O) groups is 1. The molecule has 0 heterocycles. The monoisotopic (exact) mass is 263 g/mol. The van der Waals surface area contributed by atoms with Gasteiger partial charge in [0.15, 0.2) is 0 Å². The van der Waals surface area contributed by atoms with Crippen molar-refractivity contribution in [2.75, 3.05) is 5.73 Å². The van der Waals surface area contributed by atoms with E-state index in [1.807, 2.05) is 0 Å². The van der Waals surface area contributed by atoms with Crippen LogP contribution in [0, 0.1) is 5.82 Å². The number of carboxylic acids is 1. The van der Waals surface area contributed by atoms with Crippen LogP contribution in [0.15, 0.2) is 12.1 Å². The van der Waals surface area contributed by atoms with Crippen molar-refractivity contribution < 1.29 is 24.5 Å². The molecule has 0 spiro atoms. The number of aliphatic carboxylic acids is 1. The quantitative estimate of drug-likeness (QED) is 0.605. The van der Waals surface area contributed by atoms with Gasteiger partial charge in [0.1, 0.15) is 11.9 Å². The molecular weight excluding hydrogens is 253 g/mol. The fourth-order valence-corrected chi connectivity index (χ4v) is 1.56. The van der Waals surface area contributed by atoms with Crippen molar-refractivity contribution in [2.45, 2.75) is 18.6 Å². The SMILES string of the molecule is Nc1c(F)cc(Cl)cc1C(O)C(O)CC(=O)O. The number of halogens is 2. The molecule has 0 radical (unpaired) electrons. The maximum Gasteiger partial charge on any atom is 0.306 e. The first-order valence-corrected chi connectivity index (χ1v) is 5.03. The Bertz CT molecular complexity index is 441. The van der Waals surface area contributed by atoms with Crippen LogP contribution in [0.5, 0.6) is 0 Å². The highest BCUT2D eigenvalue weighted by molar-refractivity contribution is 6.30. The van der Waals surface area contributed by atoms with Crippen LogP contribution in [0.25, 0.3) is 0 Å². The Hall–Kier alpha value is -1.37. The van der Waals surface area contributed by atoms with E-state index in [1.54, 1.807) is 0 Å². The standard InChI is InChI=1S/C10H11ClFNO4/c11-4-1-5(9(13)6(12)2-4)10(17)7(14)3-8(15)16/h1-2,7,10,14,17H,3,13H2,(H,15,16). The third-order valence-corrected chi connectivity index (χ3v) is 2.41. The largest absolute Gasteiger partial charge is 0.481 e. The van der Waals surface area contributed by atoms with Crippen LogP contribution in [0.3, 0.4) is 0 Å². The second kappa shape index (κ2) is 5.31. The predicted octanol–water partition coefficient (Wildman–Crippen LogP) is 0.930. The minimum Gasteiger partial charge on any atom is -0.481 e. The number of aliphatic hydroxyl groups excluding tert-OH is 2. The van der Waals surface area contributed by atoms with Gasteiger partial charge in [0.25, 0.3) is 0 Å². The van der Waals surface area contributed by atoms with E-state index in [-0.39, 0.29) is 16.3 Å². The Morgan fingerprint density at radius 3 is 2.59 bits per heavy atom. The molecule has 0 aliphatic rings. The molecule has 0 aliphatic heterocycles. The van der Waals surface area contributed by atoms with Crippen molar-refractivity contribution >= 4 is 23.3 Å². The van der Waals surface area contributed by atoms with E-state index in [0.717, 1.165) is 6.07 Å². The highest BCUT2D eigenvalue weighted by Gasteiger charge is 2.24. The van der Waals surface area contributed by atoms with Gasteiger partial charge in [-0.1, -0.05) is 11.6 Å². The number of rotatable bonds is 4. The fourth-order valence-electron chi connectivity index (χ4n) is 1.35. The van der Waals surface area contributed by atoms with Gasteiger partial charge in [-0.15, -0.1) is 0 Å². The molecule has 5 N–H and O–H groups in total. The molecular formula is C10H11ClFNO4. The summed E-state index contributed by atoms with van der Waals surface area (Å²) in [5.74, 6) is -2.13. The molecule has 1 aromatic carbocycles. The summed E-state index contributed by atoms with van der Waals surface area (Å²) in [5, 5.41) is 27.5. The number of carboxylic acid groups (broad SMARTS) is 1. The van der Waals surface area contributed by atoms with Crippen molar-refractivity contribution in [3.63, 3.8) is 0 Å². The zero-order valence-electron chi connectivity index (χ0n) is 8.60. The summed E-state index contributed by atoms with van der Waals surface area (Å²) in [6, 6.07) is 2.13. The molecule has 2 atom stereocenters. The summed E-state index contributed by atoms with van der Waals surface area (Å²) >= 11 is 5.57. The number of anilines is 1. The van der Waals surface area contributed by atoms with Crippen LogP contribution >= 0.6 is 11.6 Å². The van der Waals surface area contributed by atoms with E-state index in [4.69, 9.17) is 22.4 Å². The van der Waals surface area contributed by atoms with Gasteiger partial charge >= 0.3 is 5.97 Å². The Kier molecular flexibility index (Phi) is 4.28. The number of hydrogen-bond acceptors (Lipinski definition) is 4. The number of nitrogen functional groups attached to an aromatic ring is 1. The van der Waals surface area contributed by atoms with Crippen molar-refractivity contribution in [3.05, 3.63) is 28.5 Å². The van der Waals surface area contributed by atoms with Crippen molar-refractivity contribution in [1.82, 2.24) is 0 Å². The zero-order chi connectivity index (χ0) is 13.2. The first-order chi connectivity index (χ1) is 7.82. The second-order valence-electron chi connectivity index (χ2n) is 3.50. The number of aliphatic hydroxyl groups is 2.